The van der Waals surface area contributed by atoms with Crippen molar-refractivity contribution in [1.29, 1.82) is 0 Å². The summed E-state index contributed by atoms with van der Waals surface area (Å²) < 4.78 is 5.36. The SMILES string of the molecule is CC(N)C(=O)NCc1ccccc1CN1CCOCC1.Cl. The predicted octanol–water partition coefficient (Wildman–Crippen LogP) is 0.904. The Balaban J connectivity index is 0.00000220. The molecular formula is C15H24ClN3O2. The van der Waals surface area contributed by atoms with Crippen molar-refractivity contribution in [2.45, 2.75) is 26.1 Å². The standard InChI is InChI=1S/C15H23N3O2.ClH/c1-12(16)15(19)17-10-13-4-2-3-5-14(13)11-18-6-8-20-9-7-18;/h2-5,12H,6-11,16H2,1H3,(H,17,19);1H. The fraction of sp³-hybridized carbons (Fsp3) is 0.533. The third-order valence-corrected chi connectivity index (χ3v) is 3.48. The van der Waals surface area contributed by atoms with Gasteiger partial charge in [-0.2, -0.15) is 0 Å². The third-order valence-electron chi connectivity index (χ3n) is 3.48. The summed E-state index contributed by atoms with van der Waals surface area (Å²) in [5, 5.41) is 2.87. The van der Waals surface area contributed by atoms with Gasteiger partial charge < -0.3 is 15.8 Å². The minimum Gasteiger partial charge on any atom is -0.379 e. The Bertz CT molecular complexity index is 448. The van der Waals surface area contributed by atoms with Gasteiger partial charge in [-0.25, -0.2) is 0 Å². The van der Waals surface area contributed by atoms with Gasteiger partial charge in [0.2, 0.25) is 5.91 Å². The molecule has 1 heterocycles. The maximum atomic E-state index is 11.6. The highest BCUT2D eigenvalue weighted by atomic mass is 35.5. The number of hydrogen-bond donors (Lipinski definition) is 2. The van der Waals surface area contributed by atoms with E-state index in [2.05, 4.69) is 22.3 Å². The van der Waals surface area contributed by atoms with Gasteiger partial charge in [-0.05, 0) is 18.1 Å². The van der Waals surface area contributed by atoms with E-state index in [1.807, 2.05) is 12.1 Å². The van der Waals surface area contributed by atoms with Crippen LogP contribution in [0.3, 0.4) is 0 Å². The topological polar surface area (TPSA) is 67.6 Å². The van der Waals surface area contributed by atoms with Crippen LogP contribution in [-0.4, -0.2) is 43.2 Å². The molecule has 1 fully saturated rings. The minimum absolute atomic E-state index is 0. The quantitative estimate of drug-likeness (QED) is 0.848. The Morgan fingerprint density at radius 2 is 1.95 bits per heavy atom. The molecule has 1 aromatic rings. The molecule has 0 radical (unpaired) electrons. The highest BCUT2D eigenvalue weighted by Crippen LogP contribution is 2.12. The van der Waals surface area contributed by atoms with Crippen molar-refractivity contribution in [3.63, 3.8) is 0 Å². The Morgan fingerprint density at radius 3 is 2.57 bits per heavy atom. The molecule has 0 spiro atoms. The van der Waals surface area contributed by atoms with E-state index in [9.17, 15) is 4.79 Å². The van der Waals surface area contributed by atoms with Crippen LogP contribution in [0.1, 0.15) is 18.1 Å². The monoisotopic (exact) mass is 313 g/mol. The maximum Gasteiger partial charge on any atom is 0.236 e. The number of nitrogens with zero attached hydrogens (tertiary/aromatic N) is 1. The molecule has 1 aliphatic heterocycles. The van der Waals surface area contributed by atoms with Crippen LogP contribution in [-0.2, 0) is 22.6 Å². The van der Waals surface area contributed by atoms with Gasteiger partial charge in [-0.3, -0.25) is 9.69 Å². The first-order chi connectivity index (χ1) is 9.66. The molecule has 1 aromatic carbocycles. The van der Waals surface area contributed by atoms with Gasteiger partial charge in [0.05, 0.1) is 19.3 Å². The zero-order valence-corrected chi connectivity index (χ0v) is 13.2. The molecule has 21 heavy (non-hydrogen) atoms. The van der Waals surface area contributed by atoms with Crippen LogP contribution >= 0.6 is 12.4 Å². The van der Waals surface area contributed by atoms with Crippen LogP contribution in [0.15, 0.2) is 24.3 Å². The number of benzene rings is 1. The number of morpholine rings is 1. The van der Waals surface area contributed by atoms with Crippen LogP contribution in [0.2, 0.25) is 0 Å². The molecule has 3 N–H and O–H groups in total. The van der Waals surface area contributed by atoms with E-state index >= 15 is 0 Å². The number of ether oxygens (including phenoxy) is 1. The fourth-order valence-corrected chi connectivity index (χ4v) is 2.23. The molecule has 6 heteroatoms. The second-order valence-electron chi connectivity index (χ2n) is 5.16. The molecule has 1 atom stereocenters. The zero-order chi connectivity index (χ0) is 14.4. The second kappa shape index (κ2) is 9.00. The van der Waals surface area contributed by atoms with Crippen LogP contribution in [0, 0.1) is 0 Å². The molecule has 1 unspecified atom stereocenters. The van der Waals surface area contributed by atoms with E-state index < -0.39 is 6.04 Å². The number of rotatable bonds is 5. The molecule has 0 bridgehead atoms. The fourth-order valence-electron chi connectivity index (χ4n) is 2.23. The van der Waals surface area contributed by atoms with E-state index in [0.717, 1.165) is 38.4 Å². The number of carbonyl (C=O) groups is 1. The summed E-state index contributed by atoms with van der Waals surface area (Å²) >= 11 is 0. The van der Waals surface area contributed by atoms with Crippen LogP contribution < -0.4 is 11.1 Å². The van der Waals surface area contributed by atoms with Crippen molar-refractivity contribution in [1.82, 2.24) is 10.2 Å². The van der Waals surface area contributed by atoms with Gasteiger partial charge in [0, 0.05) is 26.2 Å². The third kappa shape index (κ3) is 5.63. The smallest absolute Gasteiger partial charge is 0.236 e. The second-order valence-corrected chi connectivity index (χ2v) is 5.16. The van der Waals surface area contributed by atoms with Crippen LogP contribution in [0.4, 0.5) is 0 Å². The number of carbonyl (C=O) groups excluding carboxylic acids is 1. The Hall–Kier alpha value is -1.14. The molecule has 2 rings (SSSR count). The first kappa shape index (κ1) is 17.9. The molecule has 1 saturated heterocycles. The minimum atomic E-state index is -0.471. The van der Waals surface area contributed by atoms with Crippen molar-refractivity contribution in [3.05, 3.63) is 35.4 Å². The number of halogens is 1. The number of hydrogen-bond acceptors (Lipinski definition) is 4. The first-order valence-corrected chi connectivity index (χ1v) is 7.07. The summed E-state index contributed by atoms with van der Waals surface area (Å²) in [7, 11) is 0. The van der Waals surface area contributed by atoms with Gasteiger partial charge >= 0.3 is 0 Å². The lowest BCUT2D eigenvalue weighted by Crippen LogP contribution is -2.38. The zero-order valence-electron chi connectivity index (χ0n) is 12.4. The average molecular weight is 314 g/mol. The highest BCUT2D eigenvalue weighted by Gasteiger charge is 2.13. The van der Waals surface area contributed by atoms with Gasteiger partial charge in [-0.15, -0.1) is 12.4 Å². The number of nitrogens with one attached hydrogen (secondary N) is 1. The molecule has 0 aromatic heterocycles. The summed E-state index contributed by atoms with van der Waals surface area (Å²) in [6.07, 6.45) is 0. The lowest BCUT2D eigenvalue weighted by atomic mass is 10.1. The van der Waals surface area contributed by atoms with Crippen molar-refractivity contribution < 1.29 is 9.53 Å². The largest absolute Gasteiger partial charge is 0.379 e. The van der Waals surface area contributed by atoms with Gasteiger partial charge in [-0.1, -0.05) is 24.3 Å². The Kier molecular flexibility index (Phi) is 7.67. The summed E-state index contributed by atoms with van der Waals surface area (Å²) in [4.78, 5) is 13.9. The highest BCUT2D eigenvalue weighted by molar-refractivity contribution is 5.85. The lowest BCUT2D eigenvalue weighted by molar-refractivity contribution is -0.122. The van der Waals surface area contributed by atoms with Crippen molar-refractivity contribution in [3.8, 4) is 0 Å². The molecular weight excluding hydrogens is 290 g/mol. The van der Waals surface area contributed by atoms with Crippen LogP contribution in [0.5, 0.6) is 0 Å². The summed E-state index contributed by atoms with van der Waals surface area (Å²) in [6.45, 7) is 6.62. The van der Waals surface area contributed by atoms with Gasteiger partial charge in [0.15, 0.2) is 0 Å². The Morgan fingerprint density at radius 1 is 1.33 bits per heavy atom. The van der Waals surface area contributed by atoms with E-state index in [1.54, 1.807) is 6.92 Å². The molecule has 5 nitrogen and oxygen atoms in total. The van der Waals surface area contributed by atoms with Crippen LogP contribution in [0.25, 0.3) is 0 Å². The van der Waals surface area contributed by atoms with Crippen molar-refractivity contribution in [2.75, 3.05) is 26.3 Å². The summed E-state index contributed by atoms with van der Waals surface area (Å²) in [5.74, 6) is -0.119. The molecule has 1 amide bonds. The van der Waals surface area contributed by atoms with E-state index in [0.29, 0.717) is 6.54 Å². The summed E-state index contributed by atoms with van der Waals surface area (Å²) in [5.41, 5.74) is 7.95. The molecule has 1 aliphatic rings. The first-order valence-electron chi connectivity index (χ1n) is 7.07. The number of nitrogens with two attached hydrogens (primary N) is 1. The van der Waals surface area contributed by atoms with E-state index in [4.69, 9.17) is 10.5 Å². The molecule has 0 saturated carbocycles. The number of amides is 1. The van der Waals surface area contributed by atoms with Crippen molar-refractivity contribution in [2.24, 2.45) is 5.73 Å². The Labute approximate surface area is 132 Å². The molecule has 0 aliphatic carbocycles. The van der Waals surface area contributed by atoms with Gasteiger partial charge in [0.1, 0.15) is 0 Å². The predicted molar refractivity (Wildman–Crippen MR) is 85.3 cm³/mol. The van der Waals surface area contributed by atoms with E-state index in [-0.39, 0.29) is 18.3 Å². The maximum absolute atomic E-state index is 11.6. The van der Waals surface area contributed by atoms with E-state index in [1.165, 1.54) is 5.56 Å². The summed E-state index contributed by atoms with van der Waals surface area (Å²) in [6, 6.07) is 7.73. The molecule has 118 valence electrons. The van der Waals surface area contributed by atoms with Gasteiger partial charge in [0.25, 0.3) is 0 Å². The van der Waals surface area contributed by atoms with Crippen molar-refractivity contribution >= 4 is 18.3 Å². The lowest BCUT2D eigenvalue weighted by Gasteiger charge is -2.27. The average Bonchev–Trinajstić information content (AvgIpc) is 2.47. The normalized spacial score (nSPS) is 16.9.